The molecular formula is C22H23FN4O2S. The van der Waals surface area contributed by atoms with Crippen molar-refractivity contribution in [2.24, 2.45) is 5.92 Å². The topological polar surface area (TPSA) is 66.7 Å². The zero-order chi connectivity index (χ0) is 20.7. The first-order valence-corrected chi connectivity index (χ1v) is 11.7. The summed E-state index contributed by atoms with van der Waals surface area (Å²) in [7, 11) is -0.738. The van der Waals surface area contributed by atoms with Crippen LogP contribution >= 0.6 is 0 Å². The van der Waals surface area contributed by atoms with Crippen LogP contribution < -0.4 is 5.32 Å². The fourth-order valence-electron chi connectivity index (χ4n) is 3.79. The number of hydrogen-bond acceptors (Lipinski definition) is 4. The van der Waals surface area contributed by atoms with E-state index in [9.17, 15) is 13.4 Å². The molecular weight excluding hydrogens is 403 g/mol. The number of aromatic nitrogens is 2. The van der Waals surface area contributed by atoms with Crippen molar-refractivity contribution in [3.8, 4) is 11.3 Å². The molecule has 5 rings (SSSR count). The Bertz CT molecular complexity index is 1130. The second-order valence-electron chi connectivity index (χ2n) is 7.96. The molecule has 8 heteroatoms. The number of fused-ring (bicyclic) bond motifs is 1. The number of carbonyl (C=O) groups is 1. The zero-order valence-electron chi connectivity index (χ0n) is 16.5. The monoisotopic (exact) mass is 426 g/mol. The van der Waals surface area contributed by atoms with Gasteiger partial charge in [-0.15, -0.1) is 0 Å². The third-order valence-corrected chi connectivity index (χ3v) is 6.98. The van der Waals surface area contributed by atoms with Gasteiger partial charge in [-0.05, 0) is 31.0 Å². The van der Waals surface area contributed by atoms with Gasteiger partial charge in [0.05, 0.1) is 11.9 Å². The van der Waals surface area contributed by atoms with Gasteiger partial charge in [0.1, 0.15) is 11.5 Å². The van der Waals surface area contributed by atoms with Crippen molar-refractivity contribution in [3.05, 3.63) is 54.0 Å². The number of nitrogens with zero attached hydrogens (tertiary/aromatic N) is 3. The Morgan fingerprint density at radius 2 is 2.00 bits per heavy atom. The largest absolute Gasteiger partial charge is 0.309 e. The van der Waals surface area contributed by atoms with E-state index in [4.69, 9.17) is 0 Å². The van der Waals surface area contributed by atoms with E-state index in [1.807, 2.05) is 34.7 Å². The summed E-state index contributed by atoms with van der Waals surface area (Å²) < 4.78 is 28.3. The number of amides is 1. The molecule has 30 heavy (non-hydrogen) atoms. The molecule has 0 bridgehead atoms. The lowest BCUT2D eigenvalue weighted by molar-refractivity contribution is -0.117. The van der Waals surface area contributed by atoms with Crippen molar-refractivity contribution in [1.82, 2.24) is 14.3 Å². The Hall–Kier alpha value is -2.58. The quantitative estimate of drug-likeness (QED) is 0.681. The van der Waals surface area contributed by atoms with E-state index in [0.29, 0.717) is 35.1 Å². The maximum Gasteiger partial charge on any atom is 0.228 e. The van der Waals surface area contributed by atoms with Crippen molar-refractivity contribution in [3.63, 3.8) is 0 Å². The minimum atomic E-state index is -0.738. The highest BCUT2D eigenvalue weighted by Gasteiger charge is 2.30. The maximum absolute atomic E-state index is 14.9. The van der Waals surface area contributed by atoms with Crippen LogP contribution in [0, 0.1) is 11.7 Å². The summed E-state index contributed by atoms with van der Waals surface area (Å²) in [4.78, 5) is 18.7. The summed E-state index contributed by atoms with van der Waals surface area (Å²) in [6.45, 7) is 1.99. The number of imidazole rings is 1. The average Bonchev–Trinajstić information content (AvgIpc) is 3.51. The van der Waals surface area contributed by atoms with Crippen molar-refractivity contribution < 1.29 is 13.4 Å². The predicted octanol–water partition coefficient (Wildman–Crippen LogP) is 3.05. The van der Waals surface area contributed by atoms with E-state index in [1.54, 1.807) is 12.3 Å². The number of rotatable bonds is 5. The fourth-order valence-corrected chi connectivity index (χ4v) is 4.92. The summed E-state index contributed by atoms with van der Waals surface area (Å²) in [5, 5.41) is 2.87. The summed E-state index contributed by atoms with van der Waals surface area (Å²) in [6, 6.07) is 10.9. The zero-order valence-corrected chi connectivity index (χ0v) is 17.3. The smallest absolute Gasteiger partial charge is 0.228 e. The van der Waals surface area contributed by atoms with Crippen LogP contribution in [0.15, 0.2) is 42.6 Å². The molecule has 2 aromatic heterocycles. The SMILES string of the molecule is O=C(Nc1cn2c(-c3ccc(CN4CCS(=O)CC4)c(F)c3)cccc2n1)C1CC1. The number of anilines is 1. The third-order valence-electron chi connectivity index (χ3n) is 5.70. The molecule has 0 spiro atoms. The van der Waals surface area contributed by atoms with E-state index >= 15 is 0 Å². The van der Waals surface area contributed by atoms with Crippen molar-refractivity contribution in [2.45, 2.75) is 19.4 Å². The molecule has 0 atom stereocenters. The first-order valence-electron chi connectivity index (χ1n) is 10.2. The van der Waals surface area contributed by atoms with Gasteiger partial charge >= 0.3 is 0 Å². The molecule has 1 aliphatic heterocycles. The third kappa shape index (κ3) is 4.02. The Labute approximate surface area is 176 Å². The predicted molar refractivity (Wildman–Crippen MR) is 115 cm³/mol. The van der Waals surface area contributed by atoms with Crippen molar-refractivity contribution in [1.29, 1.82) is 0 Å². The molecule has 1 aliphatic carbocycles. The van der Waals surface area contributed by atoms with Gasteiger partial charge < -0.3 is 5.32 Å². The van der Waals surface area contributed by atoms with Crippen LogP contribution in [-0.2, 0) is 22.1 Å². The normalized spacial score (nSPS) is 18.0. The molecule has 156 valence electrons. The standard InChI is InChI=1S/C22H23FN4O2S/c23-18-12-16(6-7-17(18)13-26-8-10-30(29)11-9-26)19-2-1-3-21-24-20(14-27(19)21)25-22(28)15-4-5-15/h1-3,6-7,12,14-15H,4-5,8-11,13H2,(H,25,28). The lowest BCUT2D eigenvalue weighted by atomic mass is 10.1. The Kier molecular flexibility index (Phi) is 5.12. The molecule has 0 radical (unpaired) electrons. The Balaban J connectivity index is 1.39. The lowest BCUT2D eigenvalue weighted by Gasteiger charge is -2.26. The highest BCUT2D eigenvalue weighted by atomic mass is 32.2. The first-order chi connectivity index (χ1) is 14.6. The van der Waals surface area contributed by atoms with Gasteiger partial charge in [-0.25, -0.2) is 9.37 Å². The van der Waals surface area contributed by atoms with Gasteiger partial charge in [-0.1, -0.05) is 18.2 Å². The van der Waals surface area contributed by atoms with Crippen LogP contribution in [0.3, 0.4) is 0 Å². The molecule has 6 nitrogen and oxygen atoms in total. The van der Waals surface area contributed by atoms with Gasteiger partial charge in [0.25, 0.3) is 0 Å². The Morgan fingerprint density at radius 1 is 1.20 bits per heavy atom. The van der Waals surface area contributed by atoms with Crippen molar-refractivity contribution >= 4 is 28.2 Å². The summed E-state index contributed by atoms with van der Waals surface area (Å²) >= 11 is 0. The van der Waals surface area contributed by atoms with Crippen molar-refractivity contribution in [2.75, 3.05) is 29.9 Å². The van der Waals surface area contributed by atoms with Crippen LogP contribution in [-0.4, -0.2) is 49.0 Å². The highest BCUT2D eigenvalue weighted by Crippen LogP contribution is 2.30. The maximum atomic E-state index is 14.9. The summed E-state index contributed by atoms with van der Waals surface area (Å²) in [6.07, 6.45) is 3.65. The molecule has 2 aliphatic rings. The van der Waals surface area contributed by atoms with Gasteiger partial charge in [-0.3, -0.25) is 18.3 Å². The molecule has 1 saturated carbocycles. The second-order valence-corrected chi connectivity index (χ2v) is 9.66. The minimum Gasteiger partial charge on any atom is -0.309 e. The molecule has 1 aromatic carbocycles. The van der Waals surface area contributed by atoms with Gasteiger partial charge in [0.15, 0.2) is 5.82 Å². The molecule has 1 N–H and O–H groups in total. The van der Waals surface area contributed by atoms with Crippen LogP contribution in [0.4, 0.5) is 10.2 Å². The summed E-state index contributed by atoms with van der Waals surface area (Å²) in [5.41, 5.74) is 2.90. The first kappa shape index (κ1) is 19.4. The average molecular weight is 427 g/mol. The molecule has 0 unspecified atom stereocenters. The highest BCUT2D eigenvalue weighted by molar-refractivity contribution is 7.85. The van der Waals surface area contributed by atoms with E-state index in [2.05, 4.69) is 15.2 Å². The molecule has 3 aromatic rings. The number of carbonyl (C=O) groups excluding carboxylic acids is 1. The molecule has 1 saturated heterocycles. The van der Waals surface area contributed by atoms with Gasteiger partial charge in [-0.2, -0.15) is 0 Å². The van der Waals surface area contributed by atoms with Crippen LogP contribution in [0.25, 0.3) is 16.9 Å². The number of pyridine rings is 1. The van der Waals surface area contributed by atoms with E-state index in [1.165, 1.54) is 0 Å². The molecule has 1 amide bonds. The van der Waals surface area contributed by atoms with E-state index in [-0.39, 0.29) is 17.6 Å². The van der Waals surface area contributed by atoms with Gasteiger partial charge in [0.2, 0.25) is 5.91 Å². The number of hydrogen-bond donors (Lipinski definition) is 1. The lowest BCUT2D eigenvalue weighted by Crippen LogP contribution is -2.37. The minimum absolute atomic E-state index is 0.0110. The summed E-state index contributed by atoms with van der Waals surface area (Å²) in [5.74, 6) is 1.69. The number of nitrogens with one attached hydrogen (secondary N) is 1. The van der Waals surface area contributed by atoms with Gasteiger partial charge in [0, 0.05) is 59.0 Å². The van der Waals surface area contributed by atoms with E-state index < -0.39 is 10.8 Å². The van der Waals surface area contributed by atoms with Crippen LogP contribution in [0.2, 0.25) is 0 Å². The Morgan fingerprint density at radius 3 is 2.73 bits per heavy atom. The van der Waals surface area contributed by atoms with Crippen LogP contribution in [0.5, 0.6) is 0 Å². The second kappa shape index (κ2) is 7.92. The number of benzene rings is 1. The number of halogens is 1. The van der Waals surface area contributed by atoms with Crippen LogP contribution in [0.1, 0.15) is 18.4 Å². The molecule has 3 heterocycles. The molecule has 2 fully saturated rings. The fraction of sp³-hybridized carbons (Fsp3) is 0.364. The van der Waals surface area contributed by atoms with E-state index in [0.717, 1.165) is 37.2 Å².